The molecule has 4 rings (SSSR count). The Morgan fingerprint density at radius 2 is 2.07 bits per heavy atom. The smallest absolute Gasteiger partial charge is 0.256 e. The van der Waals surface area contributed by atoms with Crippen molar-refractivity contribution in [3.63, 3.8) is 0 Å². The number of rotatable bonds is 5. The SMILES string of the molecule is CC(=O)NCc1ccc(-c2csc(NC(=O)C3=Cc4ccccc4OC3)n2)s1. The molecule has 0 spiro atoms. The van der Waals surface area contributed by atoms with Gasteiger partial charge in [-0.25, -0.2) is 4.98 Å². The first-order valence-electron chi connectivity index (χ1n) is 8.61. The van der Waals surface area contributed by atoms with E-state index in [2.05, 4.69) is 15.6 Å². The number of aromatic nitrogens is 1. The quantitative estimate of drug-likeness (QED) is 0.667. The topological polar surface area (TPSA) is 80.3 Å². The highest BCUT2D eigenvalue weighted by molar-refractivity contribution is 7.17. The van der Waals surface area contributed by atoms with Crippen molar-refractivity contribution in [2.24, 2.45) is 0 Å². The van der Waals surface area contributed by atoms with Crippen LogP contribution in [0.2, 0.25) is 0 Å². The molecule has 0 fully saturated rings. The van der Waals surface area contributed by atoms with Gasteiger partial charge in [-0.2, -0.15) is 0 Å². The number of ether oxygens (including phenoxy) is 1. The van der Waals surface area contributed by atoms with E-state index in [1.165, 1.54) is 18.3 Å². The molecule has 142 valence electrons. The maximum absolute atomic E-state index is 12.5. The van der Waals surface area contributed by atoms with Crippen molar-refractivity contribution < 1.29 is 14.3 Å². The largest absolute Gasteiger partial charge is 0.488 e. The lowest BCUT2D eigenvalue weighted by Gasteiger charge is -2.16. The summed E-state index contributed by atoms with van der Waals surface area (Å²) in [7, 11) is 0. The maximum atomic E-state index is 12.5. The Morgan fingerprint density at radius 1 is 1.21 bits per heavy atom. The third-order valence-electron chi connectivity index (χ3n) is 4.07. The third-order valence-corrected chi connectivity index (χ3v) is 5.94. The van der Waals surface area contributed by atoms with Crippen LogP contribution in [0.15, 0.2) is 47.4 Å². The van der Waals surface area contributed by atoms with Gasteiger partial charge in [-0.15, -0.1) is 22.7 Å². The summed E-state index contributed by atoms with van der Waals surface area (Å²) >= 11 is 2.94. The number of nitrogens with one attached hydrogen (secondary N) is 2. The van der Waals surface area contributed by atoms with E-state index >= 15 is 0 Å². The number of nitrogens with zero attached hydrogens (tertiary/aromatic N) is 1. The van der Waals surface area contributed by atoms with Crippen molar-refractivity contribution in [3.05, 3.63) is 57.8 Å². The first-order chi connectivity index (χ1) is 13.6. The summed E-state index contributed by atoms with van der Waals surface area (Å²) in [6.07, 6.45) is 1.84. The summed E-state index contributed by atoms with van der Waals surface area (Å²) in [5.74, 6) is 0.508. The van der Waals surface area contributed by atoms with Gasteiger partial charge in [0.2, 0.25) is 5.91 Å². The third kappa shape index (κ3) is 4.13. The second-order valence-corrected chi connectivity index (χ2v) is 8.19. The molecule has 0 unspecified atom stereocenters. The van der Waals surface area contributed by atoms with Gasteiger partial charge in [0.05, 0.1) is 22.7 Å². The van der Waals surface area contributed by atoms with Gasteiger partial charge >= 0.3 is 0 Å². The van der Waals surface area contributed by atoms with Crippen LogP contribution in [0.3, 0.4) is 0 Å². The van der Waals surface area contributed by atoms with Crippen LogP contribution in [-0.2, 0) is 16.1 Å². The van der Waals surface area contributed by atoms with E-state index in [9.17, 15) is 9.59 Å². The second-order valence-electron chi connectivity index (χ2n) is 6.16. The zero-order chi connectivity index (χ0) is 19.5. The lowest BCUT2D eigenvalue weighted by Crippen LogP contribution is -2.21. The summed E-state index contributed by atoms with van der Waals surface area (Å²) in [6, 6.07) is 11.5. The molecule has 3 aromatic rings. The Hall–Kier alpha value is -2.97. The lowest BCUT2D eigenvalue weighted by molar-refractivity contribution is -0.119. The number of fused-ring (bicyclic) bond motifs is 1. The van der Waals surface area contributed by atoms with E-state index in [1.807, 2.05) is 47.9 Å². The van der Waals surface area contributed by atoms with Crippen LogP contribution < -0.4 is 15.4 Å². The average Bonchev–Trinajstić information content (AvgIpc) is 3.35. The Morgan fingerprint density at radius 3 is 2.93 bits per heavy atom. The summed E-state index contributed by atoms with van der Waals surface area (Å²) in [4.78, 5) is 30.1. The number of hydrogen-bond acceptors (Lipinski definition) is 6. The van der Waals surface area contributed by atoms with E-state index in [4.69, 9.17) is 4.74 Å². The minimum Gasteiger partial charge on any atom is -0.488 e. The molecule has 6 nitrogen and oxygen atoms in total. The number of para-hydroxylation sites is 1. The number of benzene rings is 1. The molecule has 28 heavy (non-hydrogen) atoms. The van der Waals surface area contributed by atoms with Crippen molar-refractivity contribution >= 4 is 45.7 Å². The zero-order valence-electron chi connectivity index (χ0n) is 15.0. The molecule has 3 heterocycles. The Labute approximate surface area is 169 Å². The molecule has 0 atom stereocenters. The normalized spacial score (nSPS) is 12.5. The van der Waals surface area contributed by atoms with Crippen molar-refractivity contribution in [2.45, 2.75) is 13.5 Å². The van der Waals surface area contributed by atoms with Gasteiger partial charge in [0, 0.05) is 22.7 Å². The van der Waals surface area contributed by atoms with Crippen molar-refractivity contribution in [2.75, 3.05) is 11.9 Å². The Balaban J connectivity index is 1.43. The van der Waals surface area contributed by atoms with E-state index in [0.29, 0.717) is 17.2 Å². The zero-order valence-corrected chi connectivity index (χ0v) is 16.7. The molecule has 0 radical (unpaired) electrons. The highest BCUT2D eigenvalue weighted by Gasteiger charge is 2.18. The lowest BCUT2D eigenvalue weighted by atomic mass is 10.1. The van der Waals surface area contributed by atoms with Gasteiger partial charge in [0.1, 0.15) is 12.4 Å². The molecule has 0 saturated heterocycles. The summed E-state index contributed by atoms with van der Waals surface area (Å²) in [5.41, 5.74) is 2.26. The fraction of sp³-hybridized carbons (Fsp3) is 0.150. The molecular formula is C20H17N3O3S2. The van der Waals surface area contributed by atoms with Gasteiger partial charge < -0.3 is 10.1 Å². The van der Waals surface area contributed by atoms with Gasteiger partial charge in [0.15, 0.2) is 5.13 Å². The first-order valence-corrected chi connectivity index (χ1v) is 10.3. The van der Waals surface area contributed by atoms with E-state index in [-0.39, 0.29) is 18.4 Å². The molecule has 2 N–H and O–H groups in total. The van der Waals surface area contributed by atoms with Gasteiger partial charge in [-0.05, 0) is 24.3 Å². The van der Waals surface area contributed by atoms with Crippen LogP contribution in [0, 0.1) is 0 Å². The van der Waals surface area contributed by atoms with Crippen LogP contribution in [0.25, 0.3) is 16.6 Å². The number of anilines is 1. The highest BCUT2D eigenvalue weighted by atomic mass is 32.1. The number of hydrogen-bond donors (Lipinski definition) is 2. The fourth-order valence-electron chi connectivity index (χ4n) is 2.69. The summed E-state index contributed by atoms with van der Waals surface area (Å²) in [5, 5.41) is 8.07. The van der Waals surface area contributed by atoms with Gasteiger partial charge in [-0.3, -0.25) is 14.9 Å². The second kappa shape index (κ2) is 7.95. The van der Waals surface area contributed by atoms with Gasteiger partial charge in [0.25, 0.3) is 5.91 Å². The van der Waals surface area contributed by atoms with Crippen molar-refractivity contribution in [1.82, 2.24) is 10.3 Å². The molecule has 0 aliphatic carbocycles. The molecule has 8 heteroatoms. The number of amides is 2. The number of carbonyl (C=O) groups excluding carboxylic acids is 2. The van der Waals surface area contributed by atoms with Crippen LogP contribution in [0.4, 0.5) is 5.13 Å². The molecule has 2 amide bonds. The predicted octanol–water partition coefficient (Wildman–Crippen LogP) is 3.92. The molecule has 0 saturated carbocycles. The predicted molar refractivity (Wildman–Crippen MR) is 111 cm³/mol. The van der Waals surface area contributed by atoms with Crippen molar-refractivity contribution in [3.8, 4) is 16.3 Å². The summed E-state index contributed by atoms with van der Waals surface area (Å²) < 4.78 is 5.64. The maximum Gasteiger partial charge on any atom is 0.256 e. The molecule has 1 aliphatic rings. The Kier molecular flexibility index (Phi) is 5.23. The minimum absolute atomic E-state index is 0.0581. The fourth-order valence-corrected chi connectivity index (χ4v) is 4.38. The molecular weight excluding hydrogens is 394 g/mol. The first kappa shape index (κ1) is 18.4. The minimum atomic E-state index is -0.215. The van der Waals surface area contributed by atoms with E-state index in [0.717, 1.165) is 26.8 Å². The van der Waals surface area contributed by atoms with Crippen molar-refractivity contribution in [1.29, 1.82) is 0 Å². The van der Waals surface area contributed by atoms with Crippen LogP contribution in [0.1, 0.15) is 17.4 Å². The summed E-state index contributed by atoms with van der Waals surface area (Å²) in [6.45, 7) is 2.23. The molecule has 0 bridgehead atoms. The van der Waals surface area contributed by atoms with E-state index < -0.39 is 0 Å². The van der Waals surface area contributed by atoms with E-state index in [1.54, 1.807) is 11.3 Å². The van der Waals surface area contributed by atoms with Gasteiger partial charge in [-0.1, -0.05) is 18.2 Å². The van der Waals surface area contributed by atoms with Crippen LogP contribution >= 0.6 is 22.7 Å². The monoisotopic (exact) mass is 411 g/mol. The Bertz CT molecular complexity index is 1070. The van der Waals surface area contributed by atoms with Crippen LogP contribution in [-0.4, -0.2) is 23.4 Å². The molecule has 2 aromatic heterocycles. The highest BCUT2D eigenvalue weighted by Crippen LogP contribution is 2.31. The molecule has 1 aliphatic heterocycles. The number of carbonyl (C=O) groups is 2. The standard InChI is InChI=1S/C20H17N3O3S2/c1-12(24)21-9-15-6-7-18(28-15)16-11-27-20(22-16)23-19(25)14-8-13-4-2-3-5-17(13)26-10-14/h2-8,11H,9-10H2,1H3,(H,21,24)(H,22,23,25). The van der Waals surface area contributed by atoms with Crippen LogP contribution in [0.5, 0.6) is 5.75 Å². The average molecular weight is 412 g/mol. The molecule has 1 aromatic carbocycles. The number of thiazole rings is 1. The number of thiophene rings is 1.